The Labute approximate surface area is 97.0 Å². The first-order chi connectivity index (χ1) is 7.86. The number of aliphatic hydroxyl groups is 1. The Morgan fingerprint density at radius 2 is 2.18 bits per heavy atom. The highest BCUT2D eigenvalue weighted by Crippen LogP contribution is 2.36. The molecular formula is C12H13F3O2. The minimum absolute atomic E-state index is 0.228. The van der Waals surface area contributed by atoms with Crippen LogP contribution < -0.4 is 4.74 Å². The third-order valence-electron chi connectivity index (χ3n) is 2.73. The van der Waals surface area contributed by atoms with E-state index in [9.17, 15) is 18.3 Å². The first-order valence-corrected chi connectivity index (χ1v) is 5.41. The van der Waals surface area contributed by atoms with Crippen molar-refractivity contribution < 1.29 is 23.0 Å². The van der Waals surface area contributed by atoms with Gasteiger partial charge in [0.05, 0.1) is 11.7 Å². The van der Waals surface area contributed by atoms with Gasteiger partial charge in [-0.05, 0) is 30.7 Å². The van der Waals surface area contributed by atoms with E-state index in [0.29, 0.717) is 24.2 Å². The molecule has 0 amide bonds. The largest absolute Gasteiger partial charge is 0.490 e. The number of aliphatic hydroxyl groups excluding tert-OH is 1. The van der Waals surface area contributed by atoms with Crippen LogP contribution in [0.25, 0.3) is 0 Å². The maximum Gasteiger partial charge on any atom is 0.416 e. The summed E-state index contributed by atoms with van der Waals surface area (Å²) in [6.45, 7) is 1.63. The topological polar surface area (TPSA) is 29.5 Å². The Balaban J connectivity index is 2.17. The van der Waals surface area contributed by atoms with Gasteiger partial charge in [0, 0.05) is 12.8 Å². The molecule has 1 heterocycles. The average molecular weight is 246 g/mol. The Morgan fingerprint density at radius 3 is 2.76 bits per heavy atom. The van der Waals surface area contributed by atoms with Gasteiger partial charge >= 0.3 is 6.18 Å². The van der Waals surface area contributed by atoms with Gasteiger partial charge < -0.3 is 9.84 Å². The number of hydrogen-bond donors (Lipinski definition) is 1. The molecule has 0 spiro atoms. The van der Waals surface area contributed by atoms with Gasteiger partial charge in [-0.1, -0.05) is 0 Å². The summed E-state index contributed by atoms with van der Waals surface area (Å²) in [7, 11) is 0. The highest BCUT2D eigenvalue weighted by molar-refractivity contribution is 5.41. The van der Waals surface area contributed by atoms with Crippen LogP contribution in [0.15, 0.2) is 18.2 Å². The smallest absolute Gasteiger partial charge is 0.416 e. The zero-order chi connectivity index (χ0) is 12.6. The normalized spacial score (nSPS) is 20.9. The van der Waals surface area contributed by atoms with Crippen LogP contribution in [0.2, 0.25) is 0 Å². The molecule has 1 N–H and O–H groups in total. The fourth-order valence-corrected chi connectivity index (χ4v) is 2.01. The lowest BCUT2D eigenvalue weighted by Gasteiger charge is -2.11. The second kappa shape index (κ2) is 4.22. The zero-order valence-electron chi connectivity index (χ0n) is 9.29. The summed E-state index contributed by atoms with van der Waals surface area (Å²) in [6.07, 6.45) is -4.22. The van der Waals surface area contributed by atoms with Crippen molar-refractivity contribution in [2.24, 2.45) is 0 Å². The van der Waals surface area contributed by atoms with E-state index in [1.807, 2.05) is 0 Å². The Morgan fingerprint density at radius 1 is 1.47 bits per heavy atom. The van der Waals surface area contributed by atoms with Crippen LogP contribution in [-0.4, -0.2) is 17.3 Å². The quantitative estimate of drug-likeness (QED) is 0.869. The fraction of sp³-hybridized carbons (Fsp3) is 0.500. The molecular weight excluding hydrogens is 233 g/mol. The molecule has 1 aromatic carbocycles. The van der Waals surface area contributed by atoms with Crippen LogP contribution in [0.5, 0.6) is 5.75 Å². The predicted octanol–water partition coefficient (Wildman–Crippen LogP) is 2.78. The number of alkyl halides is 3. The number of ether oxygens (including phenoxy) is 1. The van der Waals surface area contributed by atoms with Crippen molar-refractivity contribution in [2.75, 3.05) is 0 Å². The van der Waals surface area contributed by atoms with E-state index in [4.69, 9.17) is 4.74 Å². The minimum atomic E-state index is -4.32. The molecule has 2 rings (SSSR count). The third-order valence-corrected chi connectivity index (χ3v) is 2.73. The van der Waals surface area contributed by atoms with Gasteiger partial charge in [-0.15, -0.1) is 0 Å². The standard InChI is InChI=1S/C12H13F3O2/c1-7(16)4-10-6-8-5-9(12(13,14)15)2-3-11(8)17-10/h2-3,5,7,10,16H,4,6H2,1H3. The molecule has 2 atom stereocenters. The number of hydrogen-bond acceptors (Lipinski definition) is 2. The molecule has 1 aliphatic heterocycles. The molecule has 94 valence electrons. The van der Waals surface area contributed by atoms with E-state index < -0.39 is 17.8 Å². The van der Waals surface area contributed by atoms with Gasteiger partial charge in [-0.25, -0.2) is 0 Å². The monoisotopic (exact) mass is 246 g/mol. The number of rotatable bonds is 2. The van der Waals surface area contributed by atoms with E-state index >= 15 is 0 Å². The second-order valence-electron chi connectivity index (χ2n) is 4.35. The van der Waals surface area contributed by atoms with E-state index in [1.165, 1.54) is 6.07 Å². The number of halogens is 3. The second-order valence-corrected chi connectivity index (χ2v) is 4.35. The molecule has 0 fully saturated rings. The molecule has 1 aromatic rings. The van der Waals surface area contributed by atoms with E-state index in [0.717, 1.165) is 12.1 Å². The molecule has 0 radical (unpaired) electrons. The molecule has 17 heavy (non-hydrogen) atoms. The van der Waals surface area contributed by atoms with Crippen molar-refractivity contribution in [1.82, 2.24) is 0 Å². The van der Waals surface area contributed by atoms with Crippen LogP contribution >= 0.6 is 0 Å². The van der Waals surface area contributed by atoms with Crippen molar-refractivity contribution in [3.05, 3.63) is 29.3 Å². The first kappa shape index (κ1) is 12.2. The van der Waals surface area contributed by atoms with Crippen LogP contribution in [0.4, 0.5) is 13.2 Å². The van der Waals surface area contributed by atoms with Crippen molar-refractivity contribution in [3.8, 4) is 5.75 Å². The molecule has 2 unspecified atom stereocenters. The summed E-state index contributed by atoms with van der Waals surface area (Å²) in [5.41, 5.74) is -0.0944. The summed E-state index contributed by atoms with van der Waals surface area (Å²) in [6, 6.07) is 3.49. The predicted molar refractivity (Wildman–Crippen MR) is 55.9 cm³/mol. The Kier molecular flexibility index (Phi) is 3.03. The Bertz CT molecular complexity index is 413. The van der Waals surface area contributed by atoms with Gasteiger partial charge in [-0.3, -0.25) is 0 Å². The Hall–Kier alpha value is -1.23. The van der Waals surface area contributed by atoms with Crippen LogP contribution in [0.3, 0.4) is 0 Å². The van der Waals surface area contributed by atoms with Crippen LogP contribution in [-0.2, 0) is 12.6 Å². The first-order valence-electron chi connectivity index (χ1n) is 5.41. The van der Waals surface area contributed by atoms with E-state index in [2.05, 4.69) is 0 Å². The highest BCUT2D eigenvalue weighted by Gasteiger charge is 2.33. The van der Waals surface area contributed by atoms with Crippen LogP contribution in [0, 0.1) is 0 Å². The molecule has 2 nitrogen and oxygen atoms in total. The minimum Gasteiger partial charge on any atom is -0.490 e. The molecule has 1 aliphatic rings. The number of benzene rings is 1. The molecule has 0 saturated heterocycles. The maximum atomic E-state index is 12.5. The molecule has 0 saturated carbocycles. The van der Waals surface area contributed by atoms with Gasteiger partial charge in [0.15, 0.2) is 0 Å². The molecule has 0 aliphatic carbocycles. The van der Waals surface area contributed by atoms with Gasteiger partial charge in [0.25, 0.3) is 0 Å². The third kappa shape index (κ3) is 2.72. The summed E-state index contributed by atoms with van der Waals surface area (Å²) in [5.74, 6) is 0.489. The van der Waals surface area contributed by atoms with E-state index in [-0.39, 0.29) is 6.10 Å². The number of fused-ring (bicyclic) bond motifs is 1. The zero-order valence-corrected chi connectivity index (χ0v) is 9.29. The van der Waals surface area contributed by atoms with Crippen molar-refractivity contribution >= 4 is 0 Å². The molecule has 0 bridgehead atoms. The summed E-state index contributed by atoms with van der Waals surface area (Å²) < 4.78 is 42.9. The summed E-state index contributed by atoms with van der Waals surface area (Å²) in [5, 5.41) is 9.22. The molecule has 0 aromatic heterocycles. The van der Waals surface area contributed by atoms with Gasteiger partial charge in [0.2, 0.25) is 0 Å². The van der Waals surface area contributed by atoms with Gasteiger partial charge in [-0.2, -0.15) is 13.2 Å². The molecule has 5 heteroatoms. The average Bonchev–Trinajstić information content (AvgIpc) is 2.55. The SMILES string of the molecule is CC(O)CC1Cc2cc(C(F)(F)F)ccc2O1. The summed E-state index contributed by atoms with van der Waals surface area (Å²) >= 11 is 0. The maximum absolute atomic E-state index is 12.5. The fourth-order valence-electron chi connectivity index (χ4n) is 2.01. The van der Waals surface area contributed by atoms with Crippen LogP contribution in [0.1, 0.15) is 24.5 Å². The van der Waals surface area contributed by atoms with E-state index in [1.54, 1.807) is 6.92 Å². The highest BCUT2D eigenvalue weighted by atomic mass is 19.4. The lowest BCUT2D eigenvalue weighted by molar-refractivity contribution is -0.137. The van der Waals surface area contributed by atoms with Crippen molar-refractivity contribution in [1.29, 1.82) is 0 Å². The lowest BCUT2D eigenvalue weighted by atomic mass is 10.0. The van der Waals surface area contributed by atoms with Crippen molar-refractivity contribution in [3.63, 3.8) is 0 Å². The lowest BCUT2D eigenvalue weighted by Crippen LogP contribution is -2.19. The van der Waals surface area contributed by atoms with Gasteiger partial charge in [0.1, 0.15) is 11.9 Å². The van der Waals surface area contributed by atoms with Crippen molar-refractivity contribution in [2.45, 2.75) is 38.1 Å². The summed E-state index contributed by atoms with van der Waals surface area (Å²) in [4.78, 5) is 0.